The summed E-state index contributed by atoms with van der Waals surface area (Å²) in [5, 5.41) is 17.9. The number of benzene rings is 1. The van der Waals surface area contributed by atoms with E-state index >= 15 is 0 Å². The Balaban J connectivity index is 1.96. The van der Waals surface area contributed by atoms with Crippen LogP contribution in [0.15, 0.2) is 23.2 Å². The highest BCUT2D eigenvalue weighted by molar-refractivity contribution is 7.98. The number of aromatic nitrogens is 1. The Morgan fingerprint density at radius 2 is 1.69 bits per heavy atom. The van der Waals surface area contributed by atoms with E-state index in [9.17, 15) is 31.4 Å². The van der Waals surface area contributed by atoms with Crippen molar-refractivity contribution >= 4 is 18.0 Å². The van der Waals surface area contributed by atoms with Gasteiger partial charge in [0.05, 0.1) is 16.7 Å². The predicted octanol–water partition coefficient (Wildman–Crippen LogP) is 5.99. The van der Waals surface area contributed by atoms with E-state index in [1.807, 2.05) is 0 Å². The molecule has 1 aromatic carbocycles. The lowest BCUT2D eigenvalue weighted by molar-refractivity contribution is -0.143. The van der Waals surface area contributed by atoms with Gasteiger partial charge in [0.2, 0.25) is 5.88 Å². The predicted molar refractivity (Wildman–Crippen MR) is 96.4 cm³/mol. The Labute approximate surface area is 166 Å². The van der Waals surface area contributed by atoms with E-state index in [0.717, 1.165) is 48.0 Å². The Kier molecular flexibility index (Phi) is 5.84. The normalized spacial score (nSPS) is 14.6. The minimum absolute atomic E-state index is 0.119. The van der Waals surface area contributed by atoms with Gasteiger partial charge in [-0.05, 0) is 54.5 Å². The Hall–Kier alpha value is -2.23. The molecule has 0 fully saturated rings. The van der Waals surface area contributed by atoms with Crippen LogP contribution in [-0.2, 0) is 30.9 Å². The van der Waals surface area contributed by atoms with E-state index in [1.54, 1.807) is 0 Å². The Morgan fingerprint density at radius 3 is 2.28 bits per heavy atom. The van der Waals surface area contributed by atoms with Gasteiger partial charge in [0.1, 0.15) is 5.03 Å². The summed E-state index contributed by atoms with van der Waals surface area (Å²) in [5.41, 5.74) is -1.16. The standard InChI is InChI=1S/C19H16F6N2OS/c20-18(21,22)11-6-5-10(15(7-11)19(23,24)25)9-29-17-13-4-2-1-3-12(13)14(8-26)16(28)27-17/h5-8,26H,1-4,9H2,(H,27,28). The molecule has 3 rings (SSSR count). The quantitative estimate of drug-likeness (QED) is 0.353. The van der Waals surface area contributed by atoms with Crippen LogP contribution in [0, 0.1) is 5.41 Å². The van der Waals surface area contributed by atoms with E-state index in [0.29, 0.717) is 29.5 Å². The number of halogens is 6. The molecule has 0 saturated carbocycles. The van der Waals surface area contributed by atoms with E-state index in [4.69, 9.17) is 5.41 Å². The molecular weight excluding hydrogens is 418 g/mol. The average Bonchev–Trinajstić information content (AvgIpc) is 2.64. The number of hydrogen-bond donors (Lipinski definition) is 2. The molecule has 2 N–H and O–H groups in total. The van der Waals surface area contributed by atoms with Gasteiger partial charge in [-0.25, -0.2) is 4.98 Å². The van der Waals surface area contributed by atoms with Crippen LogP contribution in [0.5, 0.6) is 5.88 Å². The highest BCUT2D eigenvalue weighted by atomic mass is 32.2. The molecule has 156 valence electrons. The van der Waals surface area contributed by atoms with Crippen molar-refractivity contribution in [1.82, 2.24) is 4.98 Å². The minimum Gasteiger partial charge on any atom is -0.493 e. The Morgan fingerprint density at radius 1 is 1.03 bits per heavy atom. The maximum atomic E-state index is 13.3. The number of alkyl halides is 6. The molecule has 0 saturated heterocycles. The van der Waals surface area contributed by atoms with Crippen LogP contribution >= 0.6 is 11.8 Å². The Bertz CT molecular complexity index is 940. The van der Waals surface area contributed by atoms with E-state index in [2.05, 4.69) is 4.98 Å². The molecule has 0 radical (unpaired) electrons. The van der Waals surface area contributed by atoms with Crippen molar-refractivity contribution in [3.05, 3.63) is 51.6 Å². The molecule has 10 heteroatoms. The number of aromatic hydroxyl groups is 1. The summed E-state index contributed by atoms with van der Waals surface area (Å²) in [6, 6.07) is 1.58. The first-order valence-electron chi connectivity index (χ1n) is 8.67. The third-order valence-electron chi connectivity index (χ3n) is 4.75. The van der Waals surface area contributed by atoms with Gasteiger partial charge in [-0.15, -0.1) is 11.8 Å². The van der Waals surface area contributed by atoms with Crippen molar-refractivity contribution in [2.45, 2.75) is 48.8 Å². The fourth-order valence-electron chi connectivity index (χ4n) is 3.36. The summed E-state index contributed by atoms with van der Waals surface area (Å²) >= 11 is 0.938. The van der Waals surface area contributed by atoms with E-state index < -0.39 is 23.5 Å². The largest absolute Gasteiger partial charge is 0.493 e. The number of thioether (sulfide) groups is 1. The summed E-state index contributed by atoms with van der Waals surface area (Å²) < 4.78 is 78.4. The molecule has 0 atom stereocenters. The molecule has 0 aliphatic heterocycles. The van der Waals surface area contributed by atoms with E-state index in [1.165, 1.54) is 0 Å². The fraction of sp³-hybridized carbons (Fsp3) is 0.368. The third kappa shape index (κ3) is 4.52. The summed E-state index contributed by atoms with van der Waals surface area (Å²) in [6.45, 7) is 0. The number of rotatable bonds is 4. The number of pyridine rings is 1. The third-order valence-corrected chi connectivity index (χ3v) is 5.82. The molecular formula is C19H16F6N2OS. The number of hydrogen-bond acceptors (Lipinski definition) is 4. The maximum absolute atomic E-state index is 13.3. The molecule has 3 nitrogen and oxygen atoms in total. The van der Waals surface area contributed by atoms with Crippen molar-refractivity contribution in [2.24, 2.45) is 0 Å². The highest BCUT2D eigenvalue weighted by Crippen LogP contribution is 2.41. The van der Waals surface area contributed by atoms with Crippen LogP contribution in [0.25, 0.3) is 0 Å². The summed E-state index contributed by atoms with van der Waals surface area (Å²) in [5.74, 6) is -0.623. The summed E-state index contributed by atoms with van der Waals surface area (Å²) in [7, 11) is 0. The van der Waals surface area contributed by atoms with Gasteiger partial charge in [-0.3, -0.25) is 0 Å². The second kappa shape index (κ2) is 7.89. The SMILES string of the molecule is N=Cc1c(O)nc(SCc2ccc(C(F)(F)F)cc2C(F)(F)F)c2c1CCCC2. The van der Waals surface area contributed by atoms with Gasteiger partial charge in [-0.1, -0.05) is 6.07 Å². The van der Waals surface area contributed by atoms with Crippen LogP contribution < -0.4 is 0 Å². The van der Waals surface area contributed by atoms with Gasteiger partial charge in [-0.2, -0.15) is 26.3 Å². The van der Waals surface area contributed by atoms with Crippen LogP contribution in [0.4, 0.5) is 26.3 Å². The average molecular weight is 434 g/mol. The molecule has 0 amide bonds. The lowest BCUT2D eigenvalue weighted by Gasteiger charge is -2.21. The highest BCUT2D eigenvalue weighted by Gasteiger charge is 2.38. The van der Waals surface area contributed by atoms with Crippen LogP contribution in [0.2, 0.25) is 0 Å². The minimum atomic E-state index is -4.93. The zero-order valence-electron chi connectivity index (χ0n) is 14.9. The van der Waals surface area contributed by atoms with Gasteiger partial charge in [0.25, 0.3) is 0 Å². The molecule has 0 bridgehead atoms. The van der Waals surface area contributed by atoms with Crippen molar-refractivity contribution in [2.75, 3.05) is 0 Å². The first kappa shape index (κ1) is 21.5. The first-order valence-corrected chi connectivity index (χ1v) is 9.66. The van der Waals surface area contributed by atoms with Gasteiger partial charge < -0.3 is 10.5 Å². The van der Waals surface area contributed by atoms with Crippen LogP contribution in [0.3, 0.4) is 0 Å². The summed E-state index contributed by atoms with van der Waals surface area (Å²) in [6.07, 6.45) is -5.87. The lowest BCUT2D eigenvalue weighted by Crippen LogP contribution is -2.13. The van der Waals surface area contributed by atoms with Gasteiger partial charge in [0.15, 0.2) is 0 Å². The van der Waals surface area contributed by atoms with Crippen molar-refractivity contribution in [3.8, 4) is 5.88 Å². The molecule has 1 aliphatic rings. The van der Waals surface area contributed by atoms with Gasteiger partial charge in [0, 0.05) is 12.0 Å². The number of nitrogens with zero attached hydrogens (tertiary/aromatic N) is 1. The second-order valence-electron chi connectivity index (χ2n) is 6.62. The van der Waals surface area contributed by atoms with Crippen molar-refractivity contribution in [1.29, 1.82) is 5.41 Å². The van der Waals surface area contributed by atoms with Crippen molar-refractivity contribution in [3.63, 3.8) is 0 Å². The number of nitrogens with one attached hydrogen (secondary N) is 1. The maximum Gasteiger partial charge on any atom is 0.416 e. The zero-order chi connectivity index (χ0) is 21.4. The van der Waals surface area contributed by atoms with E-state index in [-0.39, 0.29) is 23.3 Å². The van der Waals surface area contributed by atoms with Crippen molar-refractivity contribution < 1.29 is 31.4 Å². The molecule has 1 aliphatic carbocycles. The summed E-state index contributed by atoms with van der Waals surface area (Å²) in [4.78, 5) is 4.03. The number of fused-ring (bicyclic) bond motifs is 1. The molecule has 1 aromatic heterocycles. The fourth-order valence-corrected chi connectivity index (χ4v) is 4.45. The molecule has 1 heterocycles. The smallest absolute Gasteiger partial charge is 0.416 e. The topological polar surface area (TPSA) is 57.0 Å². The second-order valence-corrected chi connectivity index (χ2v) is 7.58. The lowest BCUT2D eigenvalue weighted by atomic mass is 9.90. The molecule has 29 heavy (non-hydrogen) atoms. The van der Waals surface area contributed by atoms with Gasteiger partial charge >= 0.3 is 12.4 Å². The van der Waals surface area contributed by atoms with Crippen LogP contribution in [-0.4, -0.2) is 16.3 Å². The molecule has 0 unspecified atom stereocenters. The molecule has 2 aromatic rings. The first-order chi connectivity index (χ1) is 13.5. The zero-order valence-corrected chi connectivity index (χ0v) is 15.7. The van der Waals surface area contributed by atoms with Crippen LogP contribution in [0.1, 0.15) is 46.2 Å². The molecule has 0 spiro atoms. The monoisotopic (exact) mass is 434 g/mol.